The molecule has 2 aromatic carbocycles. The number of phenolic OH excluding ortho intramolecular Hbond substituents is 1. The summed E-state index contributed by atoms with van der Waals surface area (Å²) in [6.45, 7) is 10.0. The Hall–Kier alpha value is -3.76. The second kappa shape index (κ2) is 12.1. The number of phenols is 1. The summed E-state index contributed by atoms with van der Waals surface area (Å²) in [5.74, 6) is -1.91. The maximum atomic E-state index is 13.9. The number of non-ortho nitro benzene ring substituents is 1. The summed E-state index contributed by atoms with van der Waals surface area (Å²) in [6, 6.07) is 9.56. The molecule has 2 aliphatic heterocycles. The SMILES string of the molecule is CC/C(=C\c1cc(C)c(O)c(C)c1)CC[C@H]1OB(O)C[C@H]2C1=C(C(C)C)C[C@H]1C(=O)N(c3cccc([N+](=O)[O-])c3)C(=O)[C@H]12. The fourth-order valence-electron chi connectivity index (χ4n) is 7.23. The summed E-state index contributed by atoms with van der Waals surface area (Å²) in [6.07, 6.45) is 4.53. The van der Waals surface area contributed by atoms with Crippen molar-refractivity contribution in [1.29, 1.82) is 0 Å². The number of rotatable bonds is 8. The van der Waals surface area contributed by atoms with E-state index >= 15 is 0 Å². The maximum Gasteiger partial charge on any atom is 0.455 e. The highest BCUT2D eigenvalue weighted by molar-refractivity contribution is 6.43. The summed E-state index contributed by atoms with van der Waals surface area (Å²) >= 11 is 0. The summed E-state index contributed by atoms with van der Waals surface area (Å²) in [7, 11) is -1.07. The fraction of sp³-hybridized carbons (Fsp3) is 0.455. The molecular weight excluding hydrogens is 547 g/mol. The van der Waals surface area contributed by atoms with Crippen LogP contribution in [0.4, 0.5) is 11.4 Å². The molecule has 2 amide bonds. The molecule has 2 heterocycles. The molecule has 0 radical (unpaired) electrons. The van der Waals surface area contributed by atoms with Crippen LogP contribution in [-0.4, -0.2) is 40.1 Å². The molecule has 226 valence electrons. The van der Waals surface area contributed by atoms with Gasteiger partial charge < -0.3 is 14.8 Å². The molecule has 0 saturated carbocycles. The number of hydrogen-bond donors (Lipinski definition) is 2. The third-order valence-electron chi connectivity index (χ3n) is 9.31. The highest BCUT2D eigenvalue weighted by atomic mass is 16.6. The molecular formula is C33H39BN2O7. The molecule has 10 heteroatoms. The second-order valence-corrected chi connectivity index (χ2v) is 12.4. The molecule has 0 bridgehead atoms. The first-order valence-corrected chi connectivity index (χ1v) is 15.1. The quantitative estimate of drug-likeness (QED) is 0.125. The Morgan fingerprint density at radius 1 is 1.16 bits per heavy atom. The van der Waals surface area contributed by atoms with Crippen LogP contribution in [0, 0.1) is 47.6 Å². The van der Waals surface area contributed by atoms with Crippen LogP contribution in [0.2, 0.25) is 6.32 Å². The Bertz CT molecular complexity index is 1510. The molecule has 9 nitrogen and oxygen atoms in total. The van der Waals surface area contributed by atoms with Crippen molar-refractivity contribution >= 4 is 36.4 Å². The van der Waals surface area contributed by atoms with Gasteiger partial charge in [0.2, 0.25) is 11.8 Å². The molecule has 2 N–H and O–H groups in total. The number of anilines is 1. The van der Waals surface area contributed by atoms with Gasteiger partial charge in [-0.3, -0.25) is 19.7 Å². The number of aromatic hydroxyl groups is 1. The fourth-order valence-corrected chi connectivity index (χ4v) is 7.23. The third kappa shape index (κ3) is 5.78. The van der Waals surface area contributed by atoms with Gasteiger partial charge in [0.25, 0.3) is 5.69 Å². The van der Waals surface area contributed by atoms with Crippen molar-refractivity contribution in [2.24, 2.45) is 23.7 Å². The van der Waals surface area contributed by atoms with E-state index in [1.54, 1.807) is 6.07 Å². The number of benzene rings is 2. The first kappa shape index (κ1) is 30.7. The number of nitro benzene ring substituents is 1. The van der Waals surface area contributed by atoms with Crippen LogP contribution >= 0.6 is 0 Å². The molecule has 4 atom stereocenters. The average Bonchev–Trinajstić information content (AvgIpc) is 3.22. The molecule has 0 aromatic heterocycles. The topological polar surface area (TPSA) is 130 Å². The number of aryl methyl sites for hydroxylation is 2. The van der Waals surface area contributed by atoms with Gasteiger partial charge in [0.05, 0.1) is 28.6 Å². The summed E-state index contributed by atoms with van der Waals surface area (Å²) in [5, 5.41) is 32.4. The van der Waals surface area contributed by atoms with E-state index in [9.17, 15) is 29.8 Å². The van der Waals surface area contributed by atoms with E-state index in [1.165, 1.54) is 23.8 Å². The van der Waals surface area contributed by atoms with Gasteiger partial charge in [-0.25, -0.2) is 4.90 Å². The average molecular weight is 586 g/mol. The van der Waals surface area contributed by atoms with Gasteiger partial charge in [-0.2, -0.15) is 0 Å². The number of hydrogen-bond acceptors (Lipinski definition) is 7. The lowest BCUT2D eigenvalue weighted by Crippen LogP contribution is -2.46. The molecule has 2 saturated heterocycles. The summed E-state index contributed by atoms with van der Waals surface area (Å²) < 4.78 is 6.15. The molecule has 5 rings (SSSR count). The van der Waals surface area contributed by atoms with E-state index in [0.29, 0.717) is 18.6 Å². The van der Waals surface area contributed by atoms with E-state index in [-0.39, 0.29) is 41.3 Å². The van der Waals surface area contributed by atoms with Gasteiger partial charge in [0.15, 0.2) is 0 Å². The standard InChI is InChI=1S/C33H39BN2O7/c1-6-21(14-22-12-19(4)31(37)20(5)13-22)10-11-28-29-25(18(2)3)16-26-30(27(29)17-34(40)43-28)33(39)35(32(26)38)23-8-7-9-24(15-23)36(41)42/h7-9,12-15,18,26-28,30,37,40H,6,10-11,16-17H2,1-5H3/b21-14+/t26-,27+,28-,30-/m1/s1. The Kier molecular flexibility index (Phi) is 8.63. The maximum absolute atomic E-state index is 13.9. The smallest absolute Gasteiger partial charge is 0.455 e. The van der Waals surface area contributed by atoms with Crippen LogP contribution in [0.3, 0.4) is 0 Å². The second-order valence-electron chi connectivity index (χ2n) is 12.4. The van der Waals surface area contributed by atoms with Crippen LogP contribution < -0.4 is 4.90 Å². The molecule has 43 heavy (non-hydrogen) atoms. The first-order valence-electron chi connectivity index (χ1n) is 15.1. The Morgan fingerprint density at radius 3 is 2.49 bits per heavy atom. The van der Waals surface area contributed by atoms with Gasteiger partial charge in [-0.1, -0.05) is 44.1 Å². The van der Waals surface area contributed by atoms with Crippen molar-refractivity contribution in [3.05, 3.63) is 79.9 Å². The molecule has 2 fully saturated rings. The van der Waals surface area contributed by atoms with Crippen molar-refractivity contribution in [2.75, 3.05) is 4.90 Å². The number of nitrogens with zero attached hydrogens (tertiary/aromatic N) is 2. The lowest BCUT2D eigenvalue weighted by atomic mass is 9.57. The summed E-state index contributed by atoms with van der Waals surface area (Å²) in [5.41, 5.74) is 6.00. The minimum Gasteiger partial charge on any atom is -0.507 e. The van der Waals surface area contributed by atoms with Crippen molar-refractivity contribution < 1.29 is 29.3 Å². The number of nitro groups is 1. The number of imide groups is 1. The molecule has 3 aliphatic rings. The zero-order valence-electron chi connectivity index (χ0n) is 25.4. The third-order valence-corrected chi connectivity index (χ3v) is 9.31. The van der Waals surface area contributed by atoms with E-state index in [2.05, 4.69) is 26.8 Å². The van der Waals surface area contributed by atoms with Crippen LogP contribution in [0.25, 0.3) is 6.08 Å². The Morgan fingerprint density at radius 2 is 1.86 bits per heavy atom. The van der Waals surface area contributed by atoms with Gasteiger partial charge in [-0.15, -0.1) is 0 Å². The van der Waals surface area contributed by atoms with Crippen molar-refractivity contribution in [3.8, 4) is 5.75 Å². The van der Waals surface area contributed by atoms with Crippen molar-refractivity contribution in [1.82, 2.24) is 0 Å². The predicted molar refractivity (Wildman–Crippen MR) is 165 cm³/mol. The number of carbonyl (C=O) groups is 2. The Labute approximate surface area is 252 Å². The largest absolute Gasteiger partial charge is 0.507 e. The Balaban J connectivity index is 1.45. The number of fused-ring (bicyclic) bond motifs is 3. The van der Waals surface area contributed by atoms with Crippen molar-refractivity contribution in [3.63, 3.8) is 0 Å². The zero-order chi connectivity index (χ0) is 31.2. The predicted octanol–water partition coefficient (Wildman–Crippen LogP) is 6.15. The minimum absolute atomic E-state index is 0.110. The van der Waals surface area contributed by atoms with Gasteiger partial charge in [0, 0.05) is 12.1 Å². The number of amides is 2. The van der Waals surface area contributed by atoms with E-state index in [0.717, 1.165) is 45.6 Å². The number of carbonyl (C=O) groups excluding carboxylic acids is 2. The summed E-state index contributed by atoms with van der Waals surface area (Å²) in [4.78, 5) is 39.6. The number of allylic oxidation sites excluding steroid dienone is 2. The zero-order valence-corrected chi connectivity index (χ0v) is 25.4. The van der Waals surface area contributed by atoms with Crippen LogP contribution in [0.5, 0.6) is 5.75 Å². The highest BCUT2D eigenvalue weighted by Gasteiger charge is 2.58. The lowest BCUT2D eigenvalue weighted by molar-refractivity contribution is -0.384. The normalized spacial score (nSPS) is 24.1. The monoisotopic (exact) mass is 586 g/mol. The molecule has 2 aromatic rings. The molecule has 0 spiro atoms. The van der Waals surface area contributed by atoms with E-state index in [4.69, 9.17) is 4.65 Å². The molecule has 0 unspecified atom stereocenters. The lowest BCUT2D eigenvalue weighted by Gasteiger charge is -2.44. The van der Waals surface area contributed by atoms with Crippen molar-refractivity contribution in [2.45, 2.75) is 72.7 Å². The highest BCUT2D eigenvalue weighted by Crippen LogP contribution is 2.52. The van der Waals surface area contributed by atoms with Crippen LogP contribution in [0.1, 0.15) is 63.1 Å². The minimum atomic E-state index is -1.07. The van der Waals surface area contributed by atoms with Crippen LogP contribution in [0.15, 0.2) is 53.1 Å². The van der Waals surface area contributed by atoms with Gasteiger partial charge in [-0.05, 0) is 98.1 Å². The van der Waals surface area contributed by atoms with Gasteiger partial charge >= 0.3 is 7.12 Å². The first-order chi connectivity index (χ1) is 20.4. The van der Waals surface area contributed by atoms with E-state index < -0.39 is 30.0 Å². The molecule has 1 aliphatic carbocycles. The van der Waals surface area contributed by atoms with E-state index in [1.807, 2.05) is 26.0 Å². The van der Waals surface area contributed by atoms with Gasteiger partial charge in [0.1, 0.15) is 5.75 Å². The van der Waals surface area contributed by atoms with Crippen LogP contribution in [-0.2, 0) is 14.2 Å².